The number of carbonyl (C=O) groups excluding carboxylic acids is 1. The van der Waals surface area contributed by atoms with E-state index >= 15 is 0 Å². The molecule has 0 radical (unpaired) electrons. The molecule has 1 aromatic heterocycles. The monoisotopic (exact) mass is 304 g/mol. The van der Waals surface area contributed by atoms with Crippen LogP contribution in [0, 0.1) is 11.8 Å². The zero-order valence-electron chi connectivity index (χ0n) is 11.0. The van der Waals surface area contributed by atoms with Gasteiger partial charge in [-0.05, 0) is 24.8 Å². The summed E-state index contributed by atoms with van der Waals surface area (Å²) in [5.74, 6) is 0.450. The SMILES string of the molecule is CC(C)C[C@H](CN)CC(=O)Nc1c(Cl)ncnc1Cl. The smallest absolute Gasteiger partial charge is 0.224 e. The number of rotatable bonds is 6. The number of hydrogen-bond donors (Lipinski definition) is 2. The van der Waals surface area contributed by atoms with Gasteiger partial charge in [-0.2, -0.15) is 0 Å². The highest BCUT2D eigenvalue weighted by Crippen LogP contribution is 2.26. The molecule has 19 heavy (non-hydrogen) atoms. The normalized spacial score (nSPS) is 12.5. The maximum absolute atomic E-state index is 11.9. The lowest BCUT2D eigenvalue weighted by Gasteiger charge is -2.16. The first-order chi connectivity index (χ1) is 8.93. The van der Waals surface area contributed by atoms with Gasteiger partial charge in [0.15, 0.2) is 10.3 Å². The highest BCUT2D eigenvalue weighted by molar-refractivity contribution is 6.38. The van der Waals surface area contributed by atoms with Crippen LogP contribution < -0.4 is 11.1 Å². The van der Waals surface area contributed by atoms with Gasteiger partial charge in [-0.3, -0.25) is 4.79 Å². The van der Waals surface area contributed by atoms with Crippen LogP contribution in [-0.4, -0.2) is 22.4 Å². The van der Waals surface area contributed by atoms with Crippen LogP contribution in [0.2, 0.25) is 10.3 Å². The first-order valence-electron chi connectivity index (χ1n) is 6.10. The summed E-state index contributed by atoms with van der Waals surface area (Å²) in [5, 5.41) is 2.89. The van der Waals surface area contributed by atoms with E-state index in [2.05, 4.69) is 29.1 Å². The van der Waals surface area contributed by atoms with Crippen molar-refractivity contribution in [1.29, 1.82) is 0 Å². The molecule has 0 fully saturated rings. The van der Waals surface area contributed by atoms with Crippen molar-refractivity contribution >= 4 is 34.8 Å². The average molecular weight is 305 g/mol. The van der Waals surface area contributed by atoms with Crippen molar-refractivity contribution in [2.24, 2.45) is 17.6 Å². The standard InChI is InChI=1S/C12H18Cl2N4O/c1-7(2)3-8(5-15)4-9(19)18-10-11(13)16-6-17-12(10)14/h6-8H,3-5,15H2,1-2H3,(H,18,19)/t8-/m0/s1. The molecular weight excluding hydrogens is 287 g/mol. The van der Waals surface area contributed by atoms with Crippen molar-refractivity contribution in [2.75, 3.05) is 11.9 Å². The maximum atomic E-state index is 11.9. The number of anilines is 1. The summed E-state index contributed by atoms with van der Waals surface area (Å²) in [4.78, 5) is 19.5. The third-order valence-electron chi connectivity index (χ3n) is 2.63. The van der Waals surface area contributed by atoms with Crippen molar-refractivity contribution in [3.8, 4) is 0 Å². The van der Waals surface area contributed by atoms with E-state index in [9.17, 15) is 4.79 Å². The van der Waals surface area contributed by atoms with E-state index in [1.54, 1.807) is 0 Å². The molecule has 0 aliphatic rings. The molecule has 0 aliphatic carbocycles. The summed E-state index contributed by atoms with van der Waals surface area (Å²) in [7, 11) is 0. The Balaban J connectivity index is 2.64. The second-order valence-electron chi connectivity index (χ2n) is 4.81. The van der Waals surface area contributed by atoms with E-state index < -0.39 is 0 Å². The molecule has 106 valence electrons. The maximum Gasteiger partial charge on any atom is 0.224 e. The van der Waals surface area contributed by atoms with E-state index in [1.807, 2.05) is 0 Å². The Morgan fingerprint density at radius 1 is 1.37 bits per heavy atom. The van der Waals surface area contributed by atoms with Crippen molar-refractivity contribution < 1.29 is 4.79 Å². The summed E-state index contributed by atoms with van der Waals surface area (Å²) >= 11 is 11.7. The summed E-state index contributed by atoms with van der Waals surface area (Å²) in [6, 6.07) is 0. The summed E-state index contributed by atoms with van der Waals surface area (Å²) < 4.78 is 0. The third-order valence-corrected chi connectivity index (χ3v) is 3.20. The van der Waals surface area contributed by atoms with E-state index in [0.29, 0.717) is 18.9 Å². The second-order valence-corrected chi connectivity index (χ2v) is 5.53. The van der Waals surface area contributed by atoms with Crippen LogP contribution in [0.5, 0.6) is 0 Å². The molecule has 0 saturated carbocycles. The predicted molar refractivity (Wildman–Crippen MR) is 77.3 cm³/mol. The van der Waals surface area contributed by atoms with Crippen LogP contribution in [0.4, 0.5) is 5.69 Å². The Morgan fingerprint density at radius 2 is 1.95 bits per heavy atom. The van der Waals surface area contributed by atoms with Gasteiger partial charge in [-0.15, -0.1) is 0 Å². The summed E-state index contributed by atoms with van der Waals surface area (Å²) in [6.07, 6.45) is 2.47. The van der Waals surface area contributed by atoms with Gasteiger partial charge in [0.1, 0.15) is 12.0 Å². The molecule has 1 amide bonds. The fourth-order valence-electron chi connectivity index (χ4n) is 1.83. The Bertz CT molecular complexity index is 419. The van der Waals surface area contributed by atoms with Crippen LogP contribution in [0.1, 0.15) is 26.7 Å². The first-order valence-corrected chi connectivity index (χ1v) is 6.85. The Morgan fingerprint density at radius 3 is 2.42 bits per heavy atom. The Labute approximate surface area is 122 Å². The molecule has 0 spiro atoms. The lowest BCUT2D eigenvalue weighted by atomic mass is 9.94. The fraction of sp³-hybridized carbons (Fsp3) is 0.583. The van der Waals surface area contributed by atoms with E-state index in [-0.39, 0.29) is 27.8 Å². The number of nitrogens with zero attached hydrogens (tertiary/aromatic N) is 2. The van der Waals surface area contributed by atoms with Crippen molar-refractivity contribution in [2.45, 2.75) is 26.7 Å². The second kappa shape index (κ2) is 7.62. The molecule has 0 saturated heterocycles. The van der Waals surface area contributed by atoms with Crippen LogP contribution in [0.15, 0.2) is 6.33 Å². The molecule has 5 nitrogen and oxygen atoms in total. The molecule has 1 atom stereocenters. The van der Waals surface area contributed by atoms with Gasteiger partial charge in [0.05, 0.1) is 0 Å². The molecule has 1 aromatic rings. The molecule has 3 N–H and O–H groups in total. The molecular formula is C12H18Cl2N4O. The number of halogens is 2. The van der Waals surface area contributed by atoms with E-state index in [4.69, 9.17) is 28.9 Å². The van der Waals surface area contributed by atoms with Crippen molar-refractivity contribution in [3.05, 3.63) is 16.6 Å². The topological polar surface area (TPSA) is 80.9 Å². The lowest BCUT2D eigenvalue weighted by molar-refractivity contribution is -0.117. The van der Waals surface area contributed by atoms with Gasteiger partial charge in [0.2, 0.25) is 5.91 Å². The van der Waals surface area contributed by atoms with Crippen LogP contribution in [0.25, 0.3) is 0 Å². The minimum atomic E-state index is -0.185. The summed E-state index contributed by atoms with van der Waals surface area (Å²) in [6.45, 7) is 4.66. The zero-order valence-corrected chi connectivity index (χ0v) is 12.5. The molecule has 0 bridgehead atoms. The van der Waals surface area contributed by atoms with Gasteiger partial charge < -0.3 is 11.1 Å². The molecule has 1 heterocycles. The lowest BCUT2D eigenvalue weighted by Crippen LogP contribution is -2.23. The number of amides is 1. The highest BCUT2D eigenvalue weighted by Gasteiger charge is 2.17. The number of aromatic nitrogens is 2. The van der Waals surface area contributed by atoms with E-state index in [0.717, 1.165) is 6.42 Å². The number of hydrogen-bond acceptors (Lipinski definition) is 4. The minimum absolute atomic E-state index is 0.126. The number of nitrogens with one attached hydrogen (secondary N) is 1. The largest absolute Gasteiger partial charge is 0.330 e. The number of carbonyl (C=O) groups is 1. The quantitative estimate of drug-likeness (QED) is 0.792. The third kappa shape index (κ3) is 5.30. The fourth-order valence-corrected chi connectivity index (χ4v) is 2.24. The van der Waals surface area contributed by atoms with Crippen LogP contribution in [-0.2, 0) is 4.79 Å². The van der Waals surface area contributed by atoms with E-state index in [1.165, 1.54) is 6.33 Å². The molecule has 1 rings (SSSR count). The minimum Gasteiger partial charge on any atom is -0.330 e. The highest BCUT2D eigenvalue weighted by atomic mass is 35.5. The predicted octanol–water partition coefficient (Wildman–Crippen LogP) is 2.73. The van der Waals surface area contributed by atoms with Gasteiger partial charge in [0, 0.05) is 6.42 Å². The molecule has 0 unspecified atom stereocenters. The average Bonchev–Trinajstić information content (AvgIpc) is 2.32. The van der Waals surface area contributed by atoms with Gasteiger partial charge in [-0.1, -0.05) is 37.0 Å². The van der Waals surface area contributed by atoms with Crippen molar-refractivity contribution in [1.82, 2.24) is 9.97 Å². The first kappa shape index (κ1) is 16.1. The van der Waals surface area contributed by atoms with Gasteiger partial charge in [0.25, 0.3) is 0 Å². The molecule has 7 heteroatoms. The zero-order chi connectivity index (χ0) is 14.4. The van der Waals surface area contributed by atoms with Crippen LogP contribution >= 0.6 is 23.2 Å². The summed E-state index contributed by atoms with van der Waals surface area (Å²) in [5.41, 5.74) is 5.91. The molecule has 0 aliphatic heterocycles. The van der Waals surface area contributed by atoms with Crippen molar-refractivity contribution in [3.63, 3.8) is 0 Å². The number of nitrogens with two attached hydrogens (primary N) is 1. The molecule has 0 aromatic carbocycles. The van der Waals surface area contributed by atoms with Gasteiger partial charge >= 0.3 is 0 Å². The van der Waals surface area contributed by atoms with Gasteiger partial charge in [-0.25, -0.2) is 9.97 Å². The Kier molecular flexibility index (Phi) is 6.48. The Hall–Kier alpha value is -0.910. The van der Waals surface area contributed by atoms with Crippen LogP contribution in [0.3, 0.4) is 0 Å².